The Labute approximate surface area is 155 Å². The van der Waals surface area contributed by atoms with Crippen LogP contribution >= 0.6 is 0 Å². The number of hydroxylamine groups is 1. The van der Waals surface area contributed by atoms with Crippen molar-refractivity contribution in [2.24, 2.45) is 5.92 Å². The van der Waals surface area contributed by atoms with Crippen molar-refractivity contribution in [2.75, 3.05) is 26.2 Å². The van der Waals surface area contributed by atoms with Gasteiger partial charge in [-0.15, -0.1) is 0 Å². The van der Waals surface area contributed by atoms with Crippen LogP contribution in [0.15, 0.2) is 47.7 Å². The van der Waals surface area contributed by atoms with Crippen molar-refractivity contribution < 1.29 is 14.7 Å². The molecule has 2 N–H and O–H groups in total. The summed E-state index contributed by atoms with van der Waals surface area (Å²) >= 11 is 0. The topological polar surface area (TPSA) is 61.8 Å². The zero-order chi connectivity index (χ0) is 18.2. The van der Waals surface area contributed by atoms with Gasteiger partial charge in [0.15, 0.2) is 0 Å². The number of aliphatic carboxylic acids is 1. The number of carboxylic acid groups (broad SMARTS) is 1. The third-order valence-corrected chi connectivity index (χ3v) is 5.03. The predicted molar refractivity (Wildman–Crippen MR) is 102 cm³/mol. The molecule has 1 saturated heterocycles. The maximum Gasteiger partial charge on any atom is 0.307 e. The summed E-state index contributed by atoms with van der Waals surface area (Å²) in [5, 5.41) is 9.16. The fourth-order valence-corrected chi connectivity index (χ4v) is 3.58. The number of nitrogens with one attached hydrogen (secondary N) is 1. The van der Waals surface area contributed by atoms with Gasteiger partial charge in [-0.25, -0.2) is 0 Å². The molecule has 2 aliphatic rings. The molecular weight excluding hydrogens is 328 g/mol. The Bertz CT molecular complexity index is 654. The quantitative estimate of drug-likeness (QED) is 0.579. The largest absolute Gasteiger partial charge is 0.481 e. The number of piperidine rings is 1. The number of carbonyl (C=O) groups is 1. The third-order valence-electron chi connectivity index (χ3n) is 5.03. The molecule has 0 saturated carbocycles. The highest BCUT2D eigenvalue weighted by atomic mass is 16.6. The van der Waals surface area contributed by atoms with Gasteiger partial charge >= 0.3 is 5.97 Å². The molecule has 1 aromatic rings. The van der Waals surface area contributed by atoms with E-state index in [1.165, 1.54) is 11.1 Å². The average molecular weight is 356 g/mol. The first-order chi connectivity index (χ1) is 12.7. The van der Waals surface area contributed by atoms with Crippen molar-refractivity contribution in [2.45, 2.75) is 32.1 Å². The van der Waals surface area contributed by atoms with Crippen LogP contribution in [-0.2, 0) is 9.63 Å². The summed E-state index contributed by atoms with van der Waals surface area (Å²) in [4.78, 5) is 19.0. The SMILES string of the molecule is O=C(O)C1CCCN(CCONC2=CCCCC2=Cc2ccccc2)C1. The van der Waals surface area contributed by atoms with E-state index >= 15 is 0 Å². The molecule has 5 heteroatoms. The lowest BCUT2D eigenvalue weighted by Crippen LogP contribution is -2.40. The van der Waals surface area contributed by atoms with Gasteiger partial charge in [0.1, 0.15) is 0 Å². The van der Waals surface area contributed by atoms with Crippen LogP contribution in [-0.4, -0.2) is 42.2 Å². The van der Waals surface area contributed by atoms with Crippen LogP contribution in [0.2, 0.25) is 0 Å². The Morgan fingerprint density at radius 3 is 2.96 bits per heavy atom. The molecule has 0 amide bonds. The van der Waals surface area contributed by atoms with Gasteiger partial charge in [0, 0.05) is 13.1 Å². The summed E-state index contributed by atoms with van der Waals surface area (Å²) in [5.74, 6) is -0.921. The van der Waals surface area contributed by atoms with Crippen LogP contribution in [0.3, 0.4) is 0 Å². The molecule has 0 spiro atoms. The van der Waals surface area contributed by atoms with Crippen LogP contribution in [0.4, 0.5) is 0 Å². The van der Waals surface area contributed by atoms with Crippen molar-refractivity contribution in [3.05, 3.63) is 53.2 Å². The Hall–Kier alpha value is -2.11. The monoisotopic (exact) mass is 356 g/mol. The van der Waals surface area contributed by atoms with Gasteiger partial charge in [0.05, 0.1) is 18.2 Å². The number of carboxylic acids is 1. The molecule has 140 valence electrons. The maximum absolute atomic E-state index is 11.1. The van der Waals surface area contributed by atoms with E-state index in [4.69, 9.17) is 9.94 Å². The van der Waals surface area contributed by atoms with Gasteiger partial charge in [-0.2, -0.15) is 0 Å². The smallest absolute Gasteiger partial charge is 0.307 e. The van der Waals surface area contributed by atoms with Crippen LogP contribution in [0.5, 0.6) is 0 Å². The van der Waals surface area contributed by atoms with E-state index in [9.17, 15) is 4.79 Å². The Morgan fingerprint density at radius 1 is 1.31 bits per heavy atom. The number of nitrogens with zero attached hydrogens (tertiary/aromatic N) is 1. The summed E-state index contributed by atoms with van der Waals surface area (Å²) in [6.07, 6.45) is 9.40. The molecule has 26 heavy (non-hydrogen) atoms. The molecule has 5 nitrogen and oxygen atoms in total. The summed E-state index contributed by atoms with van der Waals surface area (Å²) in [5.41, 5.74) is 6.64. The highest BCUT2D eigenvalue weighted by Gasteiger charge is 2.24. The number of rotatable bonds is 7. The van der Waals surface area contributed by atoms with Crippen LogP contribution in [0.25, 0.3) is 6.08 Å². The molecule has 1 fully saturated rings. The zero-order valence-corrected chi connectivity index (χ0v) is 15.2. The molecule has 0 aromatic heterocycles. The van der Waals surface area contributed by atoms with E-state index in [0.717, 1.165) is 50.9 Å². The minimum absolute atomic E-state index is 0.238. The molecule has 1 unspecified atom stereocenters. The van der Waals surface area contributed by atoms with E-state index in [0.29, 0.717) is 13.2 Å². The van der Waals surface area contributed by atoms with E-state index < -0.39 is 5.97 Å². The van der Waals surface area contributed by atoms with Crippen molar-refractivity contribution >= 4 is 12.0 Å². The third kappa shape index (κ3) is 5.44. The first-order valence-electron chi connectivity index (χ1n) is 9.51. The summed E-state index contributed by atoms with van der Waals surface area (Å²) in [6, 6.07) is 10.3. The fraction of sp³-hybridized carbons (Fsp3) is 0.476. The molecule has 1 atom stereocenters. The summed E-state index contributed by atoms with van der Waals surface area (Å²) in [7, 11) is 0. The van der Waals surface area contributed by atoms with E-state index in [2.05, 4.69) is 34.7 Å². The van der Waals surface area contributed by atoms with Gasteiger partial charge in [0.25, 0.3) is 0 Å². The second-order valence-corrected chi connectivity index (χ2v) is 7.02. The lowest BCUT2D eigenvalue weighted by molar-refractivity contribution is -0.143. The lowest BCUT2D eigenvalue weighted by Gasteiger charge is -2.30. The molecular formula is C21H28N2O3. The zero-order valence-electron chi connectivity index (χ0n) is 15.2. The van der Waals surface area contributed by atoms with Gasteiger partial charge < -0.3 is 10.0 Å². The van der Waals surface area contributed by atoms with E-state index in [1.54, 1.807) is 0 Å². The molecule has 1 aromatic carbocycles. The highest BCUT2D eigenvalue weighted by molar-refractivity contribution is 5.70. The first kappa shape index (κ1) is 18.7. The number of allylic oxidation sites excluding steroid dienone is 2. The molecule has 1 aliphatic heterocycles. The molecule has 3 rings (SSSR count). The number of benzene rings is 1. The predicted octanol–water partition coefficient (Wildman–Crippen LogP) is 3.46. The number of likely N-dealkylation sites (tertiary alicyclic amines) is 1. The van der Waals surface area contributed by atoms with Gasteiger partial charge in [0.2, 0.25) is 0 Å². The van der Waals surface area contributed by atoms with Crippen molar-refractivity contribution in [1.29, 1.82) is 0 Å². The van der Waals surface area contributed by atoms with Crippen molar-refractivity contribution in [3.8, 4) is 0 Å². The first-order valence-corrected chi connectivity index (χ1v) is 9.51. The highest BCUT2D eigenvalue weighted by Crippen LogP contribution is 2.24. The standard InChI is InChI=1S/C21H28N2O3/c24-21(25)19-10-6-12-23(16-19)13-14-26-22-20-11-5-4-9-18(20)15-17-7-2-1-3-8-17/h1-3,7-8,11,15,19,22H,4-6,9-10,12-14,16H2,(H,24,25). The summed E-state index contributed by atoms with van der Waals surface area (Å²) < 4.78 is 0. The van der Waals surface area contributed by atoms with Gasteiger partial charge in [-0.05, 0) is 55.9 Å². The molecule has 1 heterocycles. The Balaban J connectivity index is 1.47. The Morgan fingerprint density at radius 2 is 2.15 bits per heavy atom. The number of hydrogen-bond donors (Lipinski definition) is 2. The second-order valence-electron chi connectivity index (χ2n) is 7.02. The van der Waals surface area contributed by atoms with Crippen LogP contribution < -0.4 is 5.48 Å². The second kappa shape index (κ2) is 9.55. The van der Waals surface area contributed by atoms with Crippen molar-refractivity contribution in [3.63, 3.8) is 0 Å². The minimum Gasteiger partial charge on any atom is -0.481 e. The average Bonchev–Trinajstić information content (AvgIpc) is 2.67. The van der Waals surface area contributed by atoms with Crippen molar-refractivity contribution in [1.82, 2.24) is 10.4 Å². The number of hydrogen-bond acceptors (Lipinski definition) is 4. The lowest BCUT2D eigenvalue weighted by atomic mass is 9.97. The van der Waals surface area contributed by atoms with Crippen LogP contribution in [0.1, 0.15) is 37.7 Å². The molecule has 0 bridgehead atoms. The van der Waals surface area contributed by atoms with Gasteiger partial charge in [-0.3, -0.25) is 15.1 Å². The van der Waals surface area contributed by atoms with Gasteiger partial charge in [-0.1, -0.05) is 36.4 Å². The van der Waals surface area contributed by atoms with Crippen LogP contribution in [0, 0.1) is 5.92 Å². The van der Waals surface area contributed by atoms with E-state index in [-0.39, 0.29) is 5.92 Å². The normalized spacial score (nSPS) is 22.8. The molecule has 0 radical (unpaired) electrons. The summed E-state index contributed by atoms with van der Waals surface area (Å²) in [6.45, 7) is 2.87. The van der Waals surface area contributed by atoms with E-state index in [1.807, 2.05) is 18.2 Å². The fourth-order valence-electron chi connectivity index (χ4n) is 3.58. The Kier molecular flexibility index (Phi) is 6.86. The minimum atomic E-state index is -0.684. The molecule has 1 aliphatic carbocycles. The maximum atomic E-state index is 11.1.